The maximum atomic E-state index is 12.7. The number of para-hydroxylation sites is 3. The predicted octanol–water partition coefficient (Wildman–Crippen LogP) is 3.68. The highest BCUT2D eigenvalue weighted by Crippen LogP contribution is 2.39. The van der Waals surface area contributed by atoms with E-state index in [1.807, 2.05) is 29.6 Å². The number of carbonyl (C=O) groups is 2. The summed E-state index contributed by atoms with van der Waals surface area (Å²) in [6, 6.07) is 12.7. The Balaban J connectivity index is 1.45. The van der Waals surface area contributed by atoms with Gasteiger partial charge in [0, 0.05) is 12.3 Å². The van der Waals surface area contributed by atoms with Gasteiger partial charge in [0.1, 0.15) is 17.4 Å². The zero-order chi connectivity index (χ0) is 22.7. The summed E-state index contributed by atoms with van der Waals surface area (Å²) in [6.45, 7) is 1.53. The molecule has 2 heterocycles. The lowest BCUT2D eigenvalue weighted by Gasteiger charge is -2.33. The van der Waals surface area contributed by atoms with Gasteiger partial charge in [-0.05, 0) is 24.3 Å². The summed E-state index contributed by atoms with van der Waals surface area (Å²) in [5.41, 5.74) is 2.03. The van der Waals surface area contributed by atoms with E-state index in [2.05, 4.69) is 4.98 Å². The van der Waals surface area contributed by atoms with Crippen molar-refractivity contribution >= 4 is 28.9 Å². The lowest BCUT2D eigenvalue weighted by molar-refractivity contribution is -0.153. The van der Waals surface area contributed by atoms with E-state index in [1.54, 1.807) is 32.4 Å². The van der Waals surface area contributed by atoms with Crippen LogP contribution >= 0.6 is 11.3 Å². The van der Waals surface area contributed by atoms with Gasteiger partial charge in [-0.1, -0.05) is 18.2 Å². The van der Waals surface area contributed by atoms with Crippen molar-refractivity contribution in [3.8, 4) is 27.8 Å². The van der Waals surface area contributed by atoms with Crippen molar-refractivity contribution in [2.24, 2.45) is 0 Å². The lowest BCUT2D eigenvalue weighted by atomic mass is 10.2. The van der Waals surface area contributed by atoms with Crippen LogP contribution in [0.4, 0.5) is 5.69 Å². The molecule has 0 saturated carbocycles. The van der Waals surface area contributed by atoms with Gasteiger partial charge in [0.25, 0.3) is 0 Å². The normalized spacial score (nSPS) is 14.8. The molecule has 0 spiro atoms. The Morgan fingerprint density at radius 1 is 1.16 bits per heavy atom. The molecule has 1 unspecified atom stereocenters. The molecule has 166 valence electrons. The molecule has 0 bridgehead atoms. The largest absolute Gasteiger partial charge is 0.493 e. The van der Waals surface area contributed by atoms with Gasteiger partial charge >= 0.3 is 5.97 Å². The molecule has 32 heavy (non-hydrogen) atoms. The van der Waals surface area contributed by atoms with Gasteiger partial charge in [-0.2, -0.15) is 0 Å². The number of esters is 1. The van der Waals surface area contributed by atoms with Crippen LogP contribution in [0, 0.1) is 0 Å². The first kappa shape index (κ1) is 21.6. The molecule has 0 N–H and O–H groups in total. The van der Waals surface area contributed by atoms with Crippen molar-refractivity contribution in [2.75, 3.05) is 25.7 Å². The number of thiazole rings is 1. The first-order valence-corrected chi connectivity index (χ1v) is 10.8. The molecule has 1 aliphatic rings. The predicted molar refractivity (Wildman–Crippen MR) is 119 cm³/mol. The number of carbonyl (C=O) groups excluding carboxylic acids is 2. The minimum absolute atomic E-state index is 0.0107. The van der Waals surface area contributed by atoms with E-state index in [1.165, 1.54) is 23.2 Å². The Labute approximate surface area is 189 Å². The molecule has 0 fully saturated rings. The molecular weight excluding hydrogens is 432 g/mol. The summed E-state index contributed by atoms with van der Waals surface area (Å²) in [6.07, 6.45) is -0.912. The summed E-state index contributed by atoms with van der Waals surface area (Å²) >= 11 is 1.41. The van der Waals surface area contributed by atoms with Gasteiger partial charge in [-0.15, -0.1) is 11.3 Å². The standard InChI is InChI=1S/C23H22N2O6S/c1-14(26)25-11-20(31-18-9-5-4-8-17(18)25)23(27)30-12-15-13-32-22(24-15)16-7-6-10-19(28-2)21(16)29-3/h4-10,13,20H,11-12H2,1-3H3. The number of aromatic nitrogens is 1. The van der Waals surface area contributed by atoms with Crippen LogP contribution in [0.25, 0.3) is 10.6 Å². The molecule has 3 aromatic rings. The van der Waals surface area contributed by atoms with Crippen LogP contribution in [-0.2, 0) is 20.9 Å². The van der Waals surface area contributed by atoms with E-state index in [0.717, 1.165) is 10.6 Å². The van der Waals surface area contributed by atoms with Gasteiger partial charge in [0.15, 0.2) is 11.5 Å². The second-order valence-corrected chi connectivity index (χ2v) is 7.85. The van der Waals surface area contributed by atoms with Gasteiger partial charge in [-0.3, -0.25) is 4.79 Å². The van der Waals surface area contributed by atoms with Crippen LogP contribution < -0.4 is 19.1 Å². The van der Waals surface area contributed by atoms with Crippen molar-refractivity contribution in [2.45, 2.75) is 19.6 Å². The van der Waals surface area contributed by atoms with E-state index in [4.69, 9.17) is 18.9 Å². The number of amides is 1. The van der Waals surface area contributed by atoms with E-state index >= 15 is 0 Å². The smallest absolute Gasteiger partial charge is 0.349 e. The van der Waals surface area contributed by atoms with Crippen molar-refractivity contribution < 1.29 is 28.5 Å². The van der Waals surface area contributed by atoms with Crippen LogP contribution in [0.3, 0.4) is 0 Å². The summed E-state index contributed by atoms with van der Waals surface area (Å²) in [7, 11) is 3.15. The molecule has 0 saturated heterocycles. The number of hydrogen-bond donors (Lipinski definition) is 0. The van der Waals surface area contributed by atoms with E-state index in [9.17, 15) is 9.59 Å². The second-order valence-electron chi connectivity index (χ2n) is 7.00. The first-order chi connectivity index (χ1) is 15.5. The molecular formula is C23H22N2O6S. The average molecular weight is 455 g/mol. The highest BCUT2D eigenvalue weighted by atomic mass is 32.1. The third-order valence-electron chi connectivity index (χ3n) is 4.96. The maximum absolute atomic E-state index is 12.7. The molecule has 2 aromatic carbocycles. The van der Waals surface area contributed by atoms with Crippen molar-refractivity contribution in [3.05, 3.63) is 53.5 Å². The molecule has 8 nitrogen and oxygen atoms in total. The van der Waals surface area contributed by atoms with Crippen LogP contribution in [-0.4, -0.2) is 43.7 Å². The van der Waals surface area contributed by atoms with Gasteiger partial charge in [0.05, 0.1) is 37.7 Å². The van der Waals surface area contributed by atoms with Crippen LogP contribution in [0.5, 0.6) is 17.2 Å². The Bertz CT molecular complexity index is 1150. The molecule has 0 radical (unpaired) electrons. The van der Waals surface area contributed by atoms with Gasteiger partial charge in [0.2, 0.25) is 12.0 Å². The lowest BCUT2D eigenvalue weighted by Crippen LogP contribution is -2.47. The first-order valence-electron chi connectivity index (χ1n) is 9.88. The SMILES string of the molecule is COc1cccc(-c2nc(COC(=O)C3CN(C(C)=O)c4ccccc4O3)cs2)c1OC. The number of rotatable bonds is 6. The fourth-order valence-corrected chi connectivity index (χ4v) is 4.27. The average Bonchev–Trinajstić information content (AvgIpc) is 3.29. The minimum Gasteiger partial charge on any atom is -0.493 e. The van der Waals surface area contributed by atoms with Gasteiger partial charge in [-0.25, -0.2) is 9.78 Å². The Morgan fingerprint density at radius 2 is 1.97 bits per heavy atom. The molecule has 9 heteroatoms. The number of ether oxygens (including phenoxy) is 4. The Kier molecular flexibility index (Phi) is 6.27. The van der Waals surface area contributed by atoms with Crippen molar-refractivity contribution in [3.63, 3.8) is 0 Å². The summed E-state index contributed by atoms with van der Waals surface area (Å²) < 4.78 is 22.0. The number of benzene rings is 2. The van der Waals surface area contributed by atoms with Gasteiger partial charge < -0.3 is 23.8 Å². The number of anilines is 1. The summed E-state index contributed by atoms with van der Waals surface area (Å²) in [5, 5.41) is 2.54. The quantitative estimate of drug-likeness (QED) is 0.525. The van der Waals surface area contributed by atoms with Crippen LogP contribution in [0.1, 0.15) is 12.6 Å². The molecule has 1 aromatic heterocycles. The Hall–Kier alpha value is -3.59. The molecule has 4 rings (SSSR count). The fourth-order valence-electron chi connectivity index (χ4n) is 3.45. The third kappa shape index (κ3) is 4.24. The minimum atomic E-state index is -0.912. The maximum Gasteiger partial charge on any atom is 0.349 e. The molecule has 1 atom stereocenters. The van der Waals surface area contributed by atoms with E-state index < -0.39 is 12.1 Å². The van der Waals surface area contributed by atoms with Crippen molar-refractivity contribution in [1.82, 2.24) is 4.98 Å². The summed E-state index contributed by atoms with van der Waals surface area (Å²) in [4.78, 5) is 30.8. The van der Waals surface area contributed by atoms with Crippen LogP contribution in [0.15, 0.2) is 47.8 Å². The topological polar surface area (TPSA) is 87.2 Å². The number of fused-ring (bicyclic) bond motifs is 1. The van der Waals surface area contributed by atoms with E-state index in [-0.39, 0.29) is 19.1 Å². The number of methoxy groups -OCH3 is 2. The summed E-state index contributed by atoms with van der Waals surface area (Å²) in [5.74, 6) is 0.940. The molecule has 0 aliphatic carbocycles. The molecule has 1 amide bonds. The van der Waals surface area contributed by atoms with Crippen molar-refractivity contribution in [1.29, 1.82) is 0 Å². The third-order valence-corrected chi connectivity index (χ3v) is 5.89. The Morgan fingerprint density at radius 3 is 2.72 bits per heavy atom. The highest BCUT2D eigenvalue weighted by Gasteiger charge is 2.33. The van der Waals surface area contributed by atoms with E-state index in [0.29, 0.717) is 28.6 Å². The zero-order valence-corrected chi connectivity index (χ0v) is 18.7. The van der Waals surface area contributed by atoms with Crippen LogP contribution in [0.2, 0.25) is 0 Å². The monoisotopic (exact) mass is 454 g/mol. The molecule has 1 aliphatic heterocycles. The highest BCUT2D eigenvalue weighted by molar-refractivity contribution is 7.13. The zero-order valence-electron chi connectivity index (χ0n) is 17.9. The number of nitrogens with zero attached hydrogens (tertiary/aromatic N) is 2. The fraction of sp³-hybridized carbons (Fsp3) is 0.261. The number of hydrogen-bond acceptors (Lipinski definition) is 8. The second kappa shape index (κ2) is 9.27.